The van der Waals surface area contributed by atoms with Crippen molar-refractivity contribution in [1.29, 1.82) is 0 Å². The second kappa shape index (κ2) is 9.74. The zero-order chi connectivity index (χ0) is 24.1. The van der Waals surface area contributed by atoms with Gasteiger partial charge in [0.25, 0.3) is 5.91 Å². The minimum atomic E-state index is -1.82. The number of primary amides is 1. The van der Waals surface area contributed by atoms with Gasteiger partial charge in [0, 0.05) is 18.0 Å². The SMILES string of the molecule is CCCCC(NC(=O)c1cccnc1-n1ccc(-c2ccc(F)cc2)n1)C1(C(N)=O)OC=CO1. The number of hydrogen-bond donors (Lipinski definition) is 2. The van der Waals surface area contributed by atoms with Gasteiger partial charge in [-0.3, -0.25) is 9.59 Å². The van der Waals surface area contributed by atoms with Gasteiger partial charge in [-0.05, 0) is 48.9 Å². The van der Waals surface area contributed by atoms with Crippen LogP contribution in [0.15, 0.2) is 67.4 Å². The number of carbonyl (C=O) groups excluding carboxylic acids is 2. The van der Waals surface area contributed by atoms with Crippen molar-refractivity contribution < 1.29 is 23.5 Å². The maximum absolute atomic E-state index is 13.3. The van der Waals surface area contributed by atoms with Crippen molar-refractivity contribution in [2.24, 2.45) is 5.73 Å². The normalized spacial score (nSPS) is 14.8. The van der Waals surface area contributed by atoms with Crippen molar-refractivity contribution in [2.45, 2.75) is 38.0 Å². The van der Waals surface area contributed by atoms with Crippen molar-refractivity contribution in [3.05, 3.63) is 78.8 Å². The molecule has 34 heavy (non-hydrogen) atoms. The van der Waals surface area contributed by atoms with Crippen LogP contribution in [0.2, 0.25) is 0 Å². The van der Waals surface area contributed by atoms with Crippen LogP contribution in [0.1, 0.15) is 36.5 Å². The van der Waals surface area contributed by atoms with E-state index in [1.165, 1.54) is 35.5 Å². The van der Waals surface area contributed by atoms with E-state index in [0.29, 0.717) is 24.1 Å². The zero-order valence-electron chi connectivity index (χ0n) is 18.5. The molecule has 3 heterocycles. The zero-order valence-corrected chi connectivity index (χ0v) is 18.5. The lowest BCUT2D eigenvalue weighted by atomic mass is 9.99. The molecular formula is C24H24FN5O4. The quantitative estimate of drug-likeness (QED) is 0.501. The highest BCUT2D eigenvalue weighted by Gasteiger charge is 2.51. The van der Waals surface area contributed by atoms with E-state index in [4.69, 9.17) is 15.2 Å². The van der Waals surface area contributed by atoms with Gasteiger partial charge in [-0.2, -0.15) is 5.10 Å². The molecule has 0 saturated heterocycles. The third-order valence-electron chi connectivity index (χ3n) is 5.47. The van der Waals surface area contributed by atoms with Gasteiger partial charge in [0.15, 0.2) is 5.82 Å². The summed E-state index contributed by atoms with van der Waals surface area (Å²) in [6.45, 7) is 1.99. The Morgan fingerprint density at radius 2 is 1.91 bits per heavy atom. The lowest BCUT2D eigenvalue weighted by molar-refractivity contribution is -0.182. The molecule has 2 aromatic heterocycles. The molecule has 1 unspecified atom stereocenters. The topological polar surface area (TPSA) is 121 Å². The van der Waals surface area contributed by atoms with Gasteiger partial charge in [-0.25, -0.2) is 14.1 Å². The van der Waals surface area contributed by atoms with Crippen LogP contribution < -0.4 is 11.1 Å². The summed E-state index contributed by atoms with van der Waals surface area (Å²) in [5.41, 5.74) is 7.11. The number of nitrogens with zero attached hydrogens (tertiary/aromatic N) is 3. The number of hydrogen-bond acceptors (Lipinski definition) is 6. The van der Waals surface area contributed by atoms with E-state index in [2.05, 4.69) is 15.4 Å². The van der Waals surface area contributed by atoms with Gasteiger partial charge in [0.1, 0.15) is 24.4 Å². The van der Waals surface area contributed by atoms with E-state index in [-0.39, 0.29) is 17.2 Å². The van der Waals surface area contributed by atoms with E-state index in [1.54, 1.807) is 36.5 Å². The van der Waals surface area contributed by atoms with Crippen LogP contribution in [0.25, 0.3) is 17.1 Å². The number of nitrogens with two attached hydrogens (primary N) is 1. The summed E-state index contributed by atoms with van der Waals surface area (Å²) in [6.07, 6.45) is 7.58. The van der Waals surface area contributed by atoms with Gasteiger partial charge in [-0.15, -0.1) is 0 Å². The molecule has 1 aromatic carbocycles. The van der Waals surface area contributed by atoms with E-state index in [9.17, 15) is 14.0 Å². The largest absolute Gasteiger partial charge is 0.447 e. The third-order valence-corrected chi connectivity index (χ3v) is 5.47. The number of rotatable bonds is 9. The first-order valence-corrected chi connectivity index (χ1v) is 10.8. The number of halogens is 1. The van der Waals surface area contributed by atoms with E-state index in [0.717, 1.165) is 6.42 Å². The van der Waals surface area contributed by atoms with Crippen LogP contribution in [0.4, 0.5) is 4.39 Å². The number of benzene rings is 1. The maximum Gasteiger partial charge on any atom is 0.351 e. The highest BCUT2D eigenvalue weighted by molar-refractivity contribution is 5.98. The monoisotopic (exact) mass is 465 g/mol. The number of pyridine rings is 1. The molecule has 0 saturated carbocycles. The van der Waals surface area contributed by atoms with Crippen molar-refractivity contribution in [3.8, 4) is 17.1 Å². The maximum atomic E-state index is 13.3. The molecule has 0 aliphatic carbocycles. The molecule has 3 aromatic rings. The number of carbonyl (C=O) groups is 2. The summed E-state index contributed by atoms with van der Waals surface area (Å²) in [6, 6.07) is 10.0. The Morgan fingerprint density at radius 3 is 2.59 bits per heavy atom. The Hall–Kier alpha value is -4.21. The molecule has 1 atom stereocenters. The van der Waals surface area contributed by atoms with Crippen LogP contribution in [0.5, 0.6) is 0 Å². The fourth-order valence-corrected chi connectivity index (χ4v) is 3.71. The Labute approximate surface area is 195 Å². The molecule has 10 heteroatoms. The summed E-state index contributed by atoms with van der Waals surface area (Å²) in [4.78, 5) is 29.9. The van der Waals surface area contributed by atoms with Crippen molar-refractivity contribution in [1.82, 2.24) is 20.1 Å². The lowest BCUT2D eigenvalue weighted by Crippen LogP contribution is -2.60. The van der Waals surface area contributed by atoms with Gasteiger partial charge in [0.2, 0.25) is 0 Å². The number of aromatic nitrogens is 3. The molecule has 176 valence electrons. The van der Waals surface area contributed by atoms with Crippen LogP contribution in [-0.2, 0) is 14.3 Å². The van der Waals surface area contributed by atoms with Crippen molar-refractivity contribution in [3.63, 3.8) is 0 Å². The van der Waals surface area contributed by atoms with Crippen LogP contribution in [-0.4, -0.2) is 38.4 Å². The summed E-state index contributed by atoms with van der Waals surface area (Å²) >= 11 is 0. The van der Waals surface area contributed by atoms with E-state index >= 15 is 0 Å². The summed E-state index contributed by atoms with van der Waals surface area (Å²) < 4.78 is 25.6. The van der Waals surface area contributed by atoms with Crippen molar-refractivity contribution >= 4 is 11.8 Å². The predicted molar refractivity (Wildman–Crippen MR) is 121 cm³/mol. The first-order valence-electron chi connectivity index (χ1n) is 10.8. The molecule has 3 N–H and O–H groups in total. The van der Waals surface area contributed by atoms with Crippen LogP contribution >= 0.6 is 0 Å². The Kier molecular flexibility index (Phi) is 6.58. The average Bonchev–Trinajstić information content (AvgIpc) is 3.53. The van der Waals surface area contributed by atoms with E-state index < -0.39 is 23.6 Å². The molecule has 4 rings (SSSR count). The summed E-state index contributed by atoms with van der Waals surface area (Å²) in [5.74, 6) is -3.23. The molecule has 0 radical (unpaired) electrons. The molecule has 1 aliphatic rings. The summed E-state index contributed by atoms with van der Waals surface area (Å²) in [7, 11) is 0. The number of ether oxygens (including phenoxy) is 2. The van der Waals surface area contributed by atoms with Gasteiger partial charge in [0.05, 0.1) is 11.3 Å². The second-order valence-electron chi connectivity index (χ2n) is 7.73. The number of nitrogens with one attached hydrogen (secondary N) is 1. The Balaban J connectivity index is 1.62. The highest BCUT2D eigenvalue weighted by Crippen LogP contribution is 2.28. The number of amides is 2. The fraction of sp³-hybridized carbons (Fsp3) is 0.250. The minimum Gasteiger partial charge on any atom is -0.447 e. The smallest absolute Gasteiger partial charge is 0.351 e. The van der Waals surface area contributed by atoms with Crippen LogP contribution in [0, 0.1) is 5.82 Å². The lowest BCUT2D eigenvalue weighted by Gasteiger charge is -2.33. The average molecular weight is 465 g/mol. The molecule has 0 spiro atoms. The van der Waals surface area contributed by atoms with Crippen molar-refractivity contribution in [2.75, 3.05) is 0 Å². The molecular weight excluding hydrogens is 441 g/mol. The van der Waals surface area contributed by atoms with Gasteiger partial charge < -0.3 is 20.5 Å². The van der Waals surface area contributed by atoms with Gasteiger partial charge >= 0.3 is 11.7 Å². The van der Waals surface area contributed by atoms with Gasteiger partial charge in [-0.1, -0.05) is 19.8 Å². The highest BCUT2D eigenvalue weighted by atomic mass is 19.1. The molecule has 9 nitrogen and oxygen atoms in total. The Morgan fingerprint density at radius 1 is 1.18 bits per heavy atom. The predicted octanol–water partition coefficient (Wildman–Crippen LogP) is 3.06. The molecule has 0 fully saturated rings. The van der Waals surface area contributed by atoms with Crippen LogP contribution in [0.3, 0.4) is 0 Å². The third kappa shape index (κ3) is 4.47. The number of unbranched alkanes of at least 4 members (excludes halogenated alkanes) is 1. The first kappa shape index (κ1) is 23.0. The van der Waals surface area contributed by atoms with E-state index in [1.807, 2.05) is 6.92 Å². The first-order chi connectivity index (χ1) is 16.4. The fourth-order valence-electron chi connectivity index (χ4n) is 3.71. The molecule has 1 aliphatic heterocycles. The molecule has 2 amide bonds. The standard InChI is InChI=1S/C24H24FN5O4/c1-2-3-6-20(24(23(26)32)33-14-15-34-24)28-22(31)18-5-4-12-27-21(18)30-13-11-19(29-30)16-7-9-17(25)10-8-16/h4-5,7-15,20H,2-3,6H2,1H3,(H2,26,32)(H,28,31). The minimum absolute atomic E-state index is 0.225. The second-order valence-corrected chi connectivity index (χ2v) is 7.73. The summed E-state index contributed by atoms with van der Waals surface area (Å²) in [5, 5.41) is 7.32. The molecule has 0 bridgehead atoms. The Bertz CT molecular complexity index is 1200.